The second-order valence-electron chi connectivity index (χ2n) is 6.44. The number of nitrogens with zero attached hydrogens (tertiary/aromatic N) is 2. The lowest BCUT2D eigenvalue weighted by Crippen LogP contribution is -2.09. The van der Waals surface area contributed by atoms with Crippen LogP contribution < -0.4 is 10.6 Å². The van der Waals surface area contributed by atoms with E-state index in [-0.39, 0.29) is 11.9 Å². The fraction of sp³-hybridized carbons (Fsp3) is 0.143. The minimum Gasteiger partial charge on any atom is -0.362 e. The fourth-order valence-corrected chi connectivity index (χ4v) is 3.73. The average Bonchev–Trinajstić information content (AvgIpc) is 3.15. The zero-order valence-corrected chi connectivity index (χ0v) is 15.8. The summed E-state index contributed by atoms with van der Waals surface area (Å²) in [5.41, 5.74) is 2.28. The van der Waals surface area contributed by atoms with Crippen molar-refractivity contribution in [1.82, 2.24) is 9.97 Å². The van der Waals surface area contributed by atoms with Gasteiger partial charge in [-0.2, -0.15) is 4.98 Å². The molecule has 0 saturated heterocycles. The quantitative estimate of drug-likeness (QED) is 0.443. The van der Waals surface area contributed by atoms with Crippen molar-refractivity contribution in [2.45, 2.75) is 19.9 Å². The van der Waals surface area contributed by atoms with Crippen LogP contribution in [0.25, 0.3) is 10.9 Å². The van der Waals surface area contributed by atoms with Gasteiger partial charge in [-0.15, -0.1) is 11.3 Å². The standard InChI is InChI=1S/C21H19FN4S/c1-13-10-15(22)12-16(11-13)24-21-25-18-7-4-3-6-17(18)20(26-21)23-14(2)19-8-5-9-27-19/h3-12,14H,1-2H3,(H2,23,24,25,26)/t14-/m1/s1. The first kappa shape index (κ1) is 17.4. The van der Waals surface area contributed by atoms with Crippen LogP contribution in [0.3, 0.4) is 0 Å². The van der Waals surface area contributed by atoms with E-state index in [1.165, 1.54) is 17.0 Å². The maximum absolute atomic E-state index is 13.7. The number of aromatic nitrogens is 2. The van der Waals surface area contributed by atoms with Gasteiger partial charge in [0.15, 0.2) is 0 Å². The first-order valence-corrected chi connectivity index (χ1v) is 9.57. The smallest absolute Gasteiger partial charge is 0.229 e. The molecule has 1 atom stereocenters. The Morgan fingerprint density at radius 2 is 1.89 bits per heavy atom. The Morgan fingerprint density at radius 1 is 1.04 bits per heavy atom. The number of benzene rings is 2. The molecule has 2 aromatic carbocycles. The number of hydrogen-bond donors (Lipinski definition) is 2. The molecule has 0 saturated carbocycles. The summed E-state index contributed by atoms with van der Waals surface area (Å²) in [4.78, 5) is 10.5. The third-order valence-corrected chi connectivity index (χ3v) is 5.28. The predicted molar refractivity (Wildman–Crippen MR) is 110 cm³/mol. The number of aryl methyl sites for hydroxylation is 1. The maximum Gasteiger partial charge on any atom is 0.229 e. The van der Waals surface area contributed by atoms with Crippen molar-refractivity contribution in [2.24, 2.45) is 0 Å². The minimum atomic E-state index is -0.289. The van der Waals surface area contributed by atoms with Crippen molar-refractivity contribution in [3.05, 3.63) is 76.2 Å². The number of nitrogens with one attached hydrogen (secondary N) is 2. The summed E-state index contributed by atoms with van der Waals surface area (Å²) in [5.74, 6) is 0.889. The maximum atomic E-state index is 13.7. The van der Waals surface area contributed by atoms with Crippen molar-refractivity contribution < 1.29 is 4.39 Å². The molecule has 0 fully saturated rings. The molecule has 0 bridgehead atoms. The van der Waals surface area contributed by atoms with Crippen LogP contribution in [0.15, 0.2) is 60.0 Å². The zero-order valence-electron chi connectivity index (χ0n) is 15.0. The molecule has 2 aromatic heterocycles. The molecule has 4 rings (SSSR count). The number of hydrogen-bond acceptors (Lipinski definition) is 5. The van der Waals surface area contributed by atoms with Gasteiger partial charge in [-0.3, -0.25) is 0 Å². The Kier molecular flexibility index (Phi) is 4.73. The second-order valence-corrected chi connectivity index (χ2v) is 7.42. The normalized spacial score (nSPS) is 12.1. The third kappa shape index (κ3) is 3.90. The lowest BCUT2D eigenvalue weighted by Gasteiger charge is -2.16. The number of thiophene rings is 1. The molecule has 4 nitrogen and oxygen atoms in total. The van der Waals surface area contributed by atoms with Gasteiger partial charge >= 0.3 is 0 Å². The molecular formula is C21H19FN4S. The summed E-state index contributed by atoms with van der Waals surface area (Å²) in [5, 5.41) is 9.61. The van der Waals surface area contributed by atoms with E-state index in [0.29, 0.717) is 11.6 Å². The highest BCUT2D eigenvalue weighted by molar-refractivity contribution is 7.10. The first-order chi connectivity index (χ1) is 13.1. The summed E-state index contributed by atoms with van der Waals surface area (Å²) in [6, 6.07) is 16.9. The molecule has 6 heteroatoms. The fourth-order valence-electron chi connectivity index (χ4n) is 2.99. The summed E-state index contributed by atoms with van der Waals surface area (Å²) >= 11 is 1.70. The van der Waals surface area contributed by atoms with Crippen molar-refractivity contribution in [3.63, 3.8) is 0 Å². The molecule has 2 N–H and O–H groups in total. The van der Waals surface area contributed by atoms with Gasteiger partial charge in [-0.25, -0.2) is 9.37 Å². The van der Waals surface area contributed by atoms with Crippen LogP contribution >= 0.6 is 11.3 Å². The van der Waals surface area contributed by atoms with E-state index in [9.17, 15) is 4.39 Å². The van der Waals surface area contributed by atoms with Crippen LogP contribution in [0.1, 0.15) is 23.4 Å². The molecule has 0 unspecified atom stereocenters. The summed E-state index contributed by atoms with van der Waals surface area (Å²) < 4.78 is 13.7. The summed E-state index contributed by atoms with van der Waals surface area (Å²) in [6.07, 6.45) is 0. The van der Waals surface area contributed by atoms with Crippen LogP contribution in [0, 0.1) is 12.7 Å². The van der Waals surface area contributed by atoms with Gasteiger partial charge in [0.1, 0.15) is 11.6 Å². The second kappa shape index (κ2) is 7.32. The van der Waals surface area contributed by atoms with E-state index in [1.807, 2.05) is 43.3 Å². The molecule has 2 heterocycles. The molecule has 0 amide bonds. The summed E-state index contributed by atoms with van der Waals surface area (Å²) in [7, 11) is 0. The van der Waals surface area contributed by atoms with Gasteiger partial charge in [0.2, 0.25) is 5.95 Å². The van der Waals surface area contributed by atoms with E-state index in [1.54, 1.807) is 11.3 Å². The summed E-state index contributed by atoms with van der Waals surface area (Å²) in [6.45, 7) is 3.96. The van der Waals surface area contributed by atoms with Gasteiger partial charge in [0, 0.05) is 16.0 Å². The SMILES string of the molecule is Cc1cc(F)cc(Nc2nc(N[C@H](C)c3cccs3)c3ccccc3n2)c1. The Morgan fingerprint density at radius 3 is 2.67 bits per heavy atom. The zero-order chi connectivity index (χ0) is 18.8. The van der Waals surface area contributed by atoms with E-state index < -0.39 is 0 Å². The first-order valence-electron chi connectivity index (χ1n) is 8.69. The van der Waals surface area contributed by atoms with E-state index >= 15 is 0 Å². The molecule has 0 aliphatic heterocycles. The van der Waals surface area contributed by atoms with Crippen LogP contribution in [0.2, 0.25) is 0 Å². The number of rotatable bonds is 5. The number of fused-ring (bicyclic) bond motifs is 1. The van der Waals surface area contributed by atoms with E-state index in [4.69, 9.17) is 0 Å². The highest BCUT2D eigenvalue weighted by atomic mass is 32.1. The molecule has 0 radical (unpaired) electrons. The predicted octanol–water partition coefficient (Wildman–Crippen LogP) is 6.06. The molecule has 136 valence electrons. The molecule has 4 aromatic rings. The van der Waals surface area contributed by atoms with Crippen molar-refractivity contribution in [2.75, 3.05) is 10.6 Å². The number of para-hydroxylation sites is 1. The average molecular weight is 378 g/mol. The minimum absolute atomic E-state index is 0.118. The van der Waals surface area contributed by atoms with E-state index in [0.717, 1.165) is 22.3 Å². The van der Waals surface area contributed by atoms with Gasteiger partial charge < -0.3 is 10.6 Å². The Hall–Kier alpha value is -2.99. The van der Waals surface area contributed by atoms with Gasteiger partial charge in [0.25, 0.3) is 0 Å². The highest BCUT2D eigenvalue weighted by Crippen LogP contribution is 2.28. The van der Waals surface area contributed by atoms with Crippen LogP contribution in [-0.4, -0.2) is 9.97 Å². The Labute approximate surface area is 161 Å². The van der Waals surface area contributed by atoms with Crippen molar-refractivity contribution >= 4 is 39.7 Å². The Balaban J connectivity index is 1.71. The molecule has 0 aliphatic rings. The topological polar surface area (TPSA) is 49.8 Å². The molecule has 0 spiro atoms. The van der Waals surface area contributed by atoms with Crippen molar-refractivity contribution in [3.8, 4) is 0 Å². The number of halogens is 1. The van der Waals surface area contributed by atoms with Crippen molar-refractivity contribution in [1.29, 1.82) is 0 Å². The lowest BCUT2D eigenvalue weighted by atomic mass is 10.2. The van der Waals surface area contributed by atoms with Gasteiger partial charge in [-0.1, -0.05) is 18.2 Å². The highest BCUT2D eigenvalue weighted by Gasteiger charge is 2.12. The number of anilines is 3. The molecule has 0 aliphatic carbocycles. The van der Waals surface area contributed by atoms with Crippen LogP contribution in [-0.2, 0) is 0 Å². The molecule has 27 heavy (non-hydrogen) atoms. The van der Waals surface area contributed by atoms with Crippen LogP contribution in [0.5, 0.6) is 0 Å². The molecular weight excluding hydrogens is 359 g/mol. The van der Waals surface area contributed by atoms with E-state index in [2.05, 4.69) is 39.0 Å². The van der Waals surface area contributed by atoms with Crippen LogP contribution in [0.4, 0.5) is 21.8 Å². The third-order valence-electron chi connectivity index (χ3n) is 4.22. The van der Waals surface area contributed by atoms with Gasteiger partial charge in [-0.05, 0) is 61.2 Å². The monoisotopic (exact) mass is 378 g/mol. The largest absolute Gasteiger partial charge is 0.362 e. The lowest BCUT2D eigenvalue weighted by molar-refractivity contribution is 0.627. The Bertz CT molecular complexity index is 1060. The van der Waals surface area contributed by atoms with Gasteiger partial charge in [0.05, 0.1) is 11.6 Å².